The molecule has 0 unspecified atom stereocenters. The lowest BCUT2D eigenvalue weighted by Gasteiger charge is -2.46. The van der Waals surface area contributed by atoms with Crippen molar-refractivity contribution in [2.75, 3.05) is 19.6 Å². The Morgan fingerprint density at radius 3 is 1.88 bits per heavy atom. The van der Waals surface area contributed by atoms with E-state index >= 15 is 0 Å². The molecule has 4 rings (SSSR count). The maximum absolute atomic E-state index is 12.4. The number of amides is 1. The fourth-order valence-electron chi connectivity index (χ4n) is 5.07. The highest BCUT2D eigenvalue weighted by Gasteiger charge is 2.39. The SMILES string of the molecule is Cc1ccccc1C(c1ccccc1C)N1CCC(NC(=O)CN)(c2ccccc2)CC1. The quantitative estimate of drug-likeness (QED) is 0.611. The predicted molar refractivity (Wildman–Crippen MR) is 130 cm³/mol. The van der Waals surface area contributed by atoms with Gasteiger partial charge in [-0.1, -0.05) is 78.9 Å². The van der Waals surface area contributed by atoms with Gasteiger partial charge >= 0.3 is 0 Å². The van der Waals surface area contributed by atoms with Gasteiger partial charge in [-0.3, -0.25) is 9.69 Å². The van der Waals surface area contributed by atoms with Gasteiger partial charge < -0.3 is 11.1 Å². The molecule has 1 saturated heterocycles. The summed E-state index contributed by atoms with van der Waals surface area (Å²) in [4.78, 5) is 14.9. The first-order valence-electron chi connectivity index (χ1n) is 11.5. The number of nitrogens with two attached hydrogens (primary N) is 1. The summed E-state index contributed by atoms with van der Waals surface area (Å²) in [6.07, 6.45) is 1.69. The highest BCUT2D eigenvalue weighted by molar-refractivity contribution is 5.78. The van der Waals surface area contributed by atoms with Crippen LogP contribution in [0.15, 0.2) is 78.9 Å². The van der Waals surface area contributed by atoms with Crippen molar-refractivity contribution >= 4 is 5.91 Å². The van der Waals surface area contributed by atoms with E-state index in [0.29, 0.717) is 0 Å². The van der Waals surface area contributed by atoms with E-state index in [4.69, 9.17) is 5.73 Å². The van der Waals surface area contributed by atoms with Gasteiger partial charge in [-0.15, -0.1) is 0 Å². The Kier molecular flexibility index (Phi) is 6.73. The molecule has 0 atom stereocenters. The Bertz CT molecular complexity index is 1010. The average molecular weight is 428 g/mol. The van der Waals surface area contributed by atoms with Crippen molar-refractivity contribution in [3.63, 3.8) is 0 Å². The van der Waals surface area contributed by atoms with Gasteiger partial charge in [0.15, 0.2) is 0 Å². The van der Waals surface area contributed by atoms with Crippen molar-refractivity contribution in [3.05, 3.63) is 107 Å². The summed E-state index contributed by atoms with van der Waals surface area (Å²) in [5.74, 6) is -0.100. The van der Waals surface area contributed by atoms with Gasteiger partial charge in [0, 0.05) is 13.1 Å². The van der Waals surface area contributed by atoms with Crippen LogP contribution in [0.3, 0.4) is 0 Å². The third kappa shape index (κ3) is 4.47. The Labute approximate surface area is 191 Å². The molecular weight excluding hydrogens is 394 g/mol. The Hall–Kier alpha value is -2.95. The highest BCUT2D eigenvalue weighted by Crippen LogP contribution is 2.39. The monoisotopic (exact) mass is 427 g/mol. The summed E-state index contributed by atoms with van der Waals surface area (Å²) in [7, 11) is 0. The number of hydrogen-bond acceptors (Lipinski definition) is 3. The van der Waals surface area contributed by atoms with Crippen LogP contribution in [0.25, 0.3) is 0 Å². The molecule has 3 aromatic carbocycles. The molecule has 0 aromatic heterocycles. The molecular formula is C28H33N3O. The Morgan fingerprint density at radius 2 is 1.38 bits per heavy atom. The zero-order valence-electron chi connectivity index (χ0n) is 19.1. The van der Waals surface area contributed by atoms with E-state index in [9.17, 15) is 4.79 Å². The van der Waals surface area contributed by atoms with Crippen LogP contribution < -0.4 is 11.1 Å². The number of benzene rings is 3. The first-order valence-corrected chi connectivity index (χ1v) is 11.5. The number of carbonyl (C=O) groups is 1. The maximum atomic E-state index is 12.4. The van der Waals surface area contributed by atoms with Crippen molar-refractivity contribution in [2.24, 2.45) is 5.73 Å². The largest absolute Gasteiger partial charge is 0.345 e. The van der Waals surface area contributed by atoms with Crippen LogP contribution in [0.4, 0.5) is 0 Å². The molecule has 1 amide bonds. The summed E-state index contributed by atoms with van der Waals surface area (Å²) in [5, 5.41) is 3.27. The first-order chi connectivity index (χ1) is 15.5. The van der Waals surface area contributed by atoms with Crippen LogP contribution in [0.1, 0.15) is 46.7 Å². The van der Waals surface area contributed by atoms with Crippen LogP contribution in [-0.2, 0) is 10.3 Å². The van der Waals surface area contributed by atoms with Gasteiger partial charge in [0.1, 0.15) is 0 Å². The molecule has 3 aromatic rings. The number of nitrogens with one attached hydrogen (secondary N) is 1. The van der Waals surface area contributed by atoms with Gasteiger partial charge in [-0.05, 0) is 54.5 Å². The number of piperidine rings is 1. The van der Waals surface area contributed by atoms with E-state index in [1.807, 2.05) is 18.2 Å². The molecule has 0 radical (unpaired) electrons. The van der Waals surface area contributed by atoms with Crippen molar-refractivity contribution in [1.29, 1.82) is 0 Å². The molecule has 4 heteroatoms. The lowest BCUT2D eigenvalue weighted by atomic mass is 9.79. The van der Waals surface area contributed by atoms with Gasteiger partial charge in [-0.25, -0.2) is 0 Å². The molecule has 3 N–H and O–H groups in total. The zero-order valence-corrected chi connectivity index (χ0v) is 19.1. The minimum atomic E-state index is -0.379. The molecule has 0 bridgehead atoms. The lowest BCUT2D eigenvalue weighted by Crippen LogP contribution is -2.54. The fourth-order valence-corrected chi connectivity index (χ4v) is 5.07. The second-order valence-electron chi connectivity index (χ2n) is 8.85. The van der Waals surface area contributed by atoms with Gasteiger partial charge in [-0.2, -0.15) is 0 Å². The van der Waals surface area contributed by atoms with Crippen LogP contribution >= 0.6 is 0 Å². The number of hydrogen-bond donors (Lipinski definition) is 2. The van der Waals surface area contributed by atoms with E-state index in [2.05, 4.69) is 84.7 Å². The topological polar surface area (TPSA) is 58.4 Å². The van der Waals surface area contributed by atoms with Crippen molar-refractivity contribution in [2.45, 2.75) is 38.3 Å². The third-order valence-corrected chi connectivity index (χ3v) is 6.87. The van der Waals surface area contributed by atoms with Gasteiger partial charge in [0.05, 0.1) is 18.1 Å². The van der Waals surface area contributed by atoms with Crippen LogP contribution in [0, 0.1) is 13.8 Å². The van der Waals surface area contributed by atoms with Crippen molar-refractivity contribution in [1.82, 2.24) is 10.2 Å². The Balaban J connectivity index is 1.68. The molecule has 1 heterocycles. The molecule has 4 nitrogen and oxygen atoms in total. The van der Waals surface area contributed by atoms with Crippen molar-refractivity contribution in [3.8, 4) is 0 Å². The number of rotatable bonds is 6. The van der Waals surface area contributed by atoms with E-state index in [1.54, 1.807) is 0 Å². The summed E-state index contributed by atoms with van der Waals surface area (Å²) in [6.45, 7) is 6.16. The number of nitrogens with zero attached hydrogens (tertiary/aromatic N) is 1. The first kappa shape index (κ1) is 22.3. The van der Waals surface area contributed by atoms with Crippen LogP contribution in [0.5, 0.6) is 0 Å². The number of aryl methyl sites for hydroxylation is 2. The highest BCUT2D eigenvalue weighted by atomic mass is 16.2. The number of carbonyl (C=O) groups excluding carboxylic acids is 1. The molecule has 0 saturated carbocycles. The van der Waals surface area contributed by atoms with E-state index in [1.165, 1.54) is 22.3 Å². The summed E-state index contributed by atoms with van der Waals surface area (Å²) < 4.78 is 0. The van der Waals surface area contributed by atoms with Gasteiger partial charge in [0.2, 0.25) is 5.91 Å². The second kappa shape index (κ2) is 9.68. The van der Waals surface area contributed by atoms with E-state index < -0.39 is 0 Å². The van der Waals surface area contributed by atoms with Crippen LogP contribution in [0.2, 0.25) is 0 Å². The second-order valence-corrected chi connectivity index (χ2v) is 8.85. The summed E-state index contributed by atoms with van der Waals surface area (Å²) in [5.41, 5.74) is 11.7. The van der Waals surface area contributed by atoms with E-state index in [0.717, 1.165) is 31.5 Å². The Morgan fingerprint density at radius 1 is 0.875 bits per heavy atom. The predicted octanol–water partition coefficient (Wildman–Crippen LogP) is 4.46. The zero-order chi connectivity index (χ0) is 22.6. The van der Waals surface area contributed by atoms with E-state index in [-0.39, 0.29) is 24.0 Å². The standard InChI is InChI=1S/C28H33N3O/c1-21-10-6-8-14-24(21)27(25-15-9-7-11-22(25)2)31-18-16-28(17-19-31,30-26(32)20-29)23-12-4-3-5-13-23/h3-15,27H,16-20,29H2,1-2H3,(H,30,32). The van der Waals surface area contributed by atoms with Gasteiger partial charge in [0.25, 0.3) is 0 Å². The summed E-state index contributed by atoms with van der Waals surface area (Å²) >= 11 is 0. The molecule has 1 aliphatic rings. The summed E-state index contributed by atoms with van der Waals surface area (Å²) in [6, 6.07) is 27.9. The molecule has 0 spiro atoms. The van der Waals surface area contributed by atoms with Crippen LogP contribution in [-0.4, -0.2) is 30.4 Å². The third-order valence-electron chi connectivity index (χ3n) is 6.87. The minimum absolute atomic E-state index is 0.00728. The number of likely N-dealkylation sites (tertiary alicyclic amines) is 1. The molecule has 1 fully saturated rings. The molecule has 32 heavy (non-hydrogen) atoms. The average Bonchev–Trinajstić information content (AvgIpc) is 2.83. The fraction of sp³-hybridized carbons (Fsp3) is 0.321. The minimum Gasteiger partial charge on any atom is -0.345 e. The molecule has 166 valence electrons. The normalized spacial score (nSPS) is 16.1. The maximum Gasteiger partial charge on any atom is 0.234 e. The molecule has 0 aliphatic carbocycles. The lowest BCUT2D eigenvalue weighted by molar-refractivity contribution is -0.122. The van der Waals surface area contributed by atoms with Crippen molar-refractivity contribution < 1.29 is 4.79 Å². The smallest absolute Gasteiger partial charge is 0.234 e. The molecule has 1 aliphatic heterocycles.